The van der Waals surface area contributed by atoms with Gasteiger partial charge in [-0.25, -0.2) is 9.18 Å². The number of rotatable bonds is 3. The Balaban J connectivity index is 2.46. The van der Waals surface area contributed by atoms with Gasteiger partial charge in [0.1, 0.15) is 11.8 Å². The van der Waals surface area contributed by atoms with E-state index in [-0.39, 0.29) is 24.9 Å². The SMILES string of the molecule is CCOC(=O)C[C@@H]1CCN(C(=O)OC(C)(C)C)C[C@H]1F. The van der Waals surface area contributed by atoms with Gasteiger partial charge in [0.15, 0.2) is 0 Å². The average molecular weight is 289 g/mol. The Bertz CT molecular complexity index is 354. The first-order valence-electron chi connectivity index (χ1n) is 7.00. The van der Waals surface area contributed by atoms with Gasteiger partial charge in [0.05, 0.1) is 19.6 Å². The minimum Gasteiger partial charge on any atom is -0.466 e. The fourth-order valence-corrected chi connectivity index (χ4v) is 2.11. The Kier molecular flexibility index (Phi) is 5.77. The number of hydrogen-bond donors (Lipinski definition) is 0. The molecule has 1 heterocycles. The van der Waals surface area contributed by atoms with Crippen molar-refractivity contribution in [3.63, 3.8) is 0 Å². The lowest BCUT2D eigenvalue weighted by atomic mass is 9.92. The lowest BCUT2D eigenvalue weighted by Gasteiger charge is -2.35. The molecule has 0 aliphatic carbocycles. The fourth-order valence-electron chi connectivity index (χ4n) is 2.11. The molecule has 116 valence electrons. The molecule has 20 heavy (non-hydrogen) atoms. The van der Waals surface area contributed by atoms with E-state index in [4.69, 9.17) is 9.47 Å². The summed E-state index contributed by atoms with van der Waals surface area (Å²) in [5.74, 6) is -0.765. The zero-order valence-corrected chi connectivity index (χ0v) is 12.6. The van der Waals surface area contributed by atoms with Crippen LogP contribution in [0.5, 0.6) is 0 Å². The zero-order valence-electron chi connectivity index (χ0n) is 12.6. The number of carbonyl (C=O) groups excluding carboxylic acids is 2. The van der Waals surface area contributed by atoms with Crippen molar-refractivity contribution in [2.24, 2.45) is 5.92 Å². The van der Waals surface area contributed by atoms with E-state index in [9.17, 15) is 14.0 Å². The number of esters is 1. The summed E-state index contributed by atoms with van der Waals surface area (Å²) in [6.07, 6.45) is -1.22. The molecule has 0 spiro atoms. The van der Waals surface area contributed by atoms with Gasteiger partial charge in [-0.05, 0) is 34.1 Å². The molecule has 0 saturated carbocycles. The maximum atomic E-state index is 14.0. The summed E-state index contributed by atoms with van der Waals surface area (Å²) in [6, 6.07) is 0. The highest BCUT2D eigenvalue weighted by Gasteiger charge is 2.34. The fraction of sp³-hybridized carbons (Fsp3) is 0.857. The summed E-state index contributed by atoms with van der Waals surface area (Å²) in [6.45, 7) is 7.70. The van der Waals surface area contributed by atoms with Crippen LogP contribution < -0.4 is 0 Å². The van der Waals surface area contributed by atoms with Crippen LogP contribution in [0.2, 0.25) is 0 Å². The summed E-state index contributed by atoms with van der Waals surface area (Å²) in [4.78, 5) is 24.6. The highest BCUT2D eigenvalue weighted by Crippen LogP contribution is 2.25. The molecule has 0 unspecified atom stereocenters. The van der Waals surface area contributed by atoms with Gasteiger partial charge in [-0.1, -0.05) is 0 Å². The van der Waals surface area contributed by atoms with Crippen molar-refractivity contribution in [1.82, 2.24) is 4.90 Å². The largest absolute Gasteiger partial charge is 0.466 e. The molecule has 0 radical (unpaired) electrons. The maximum absolute atomic E-state index is 14.0. The van der Waals surface area contributed by atoms with Gasteiger partial charge >= 0.3 is 12.1 Å². The molecule has 1 fully saturated rings. The van der Waals surface area contributed by atoms with Crippen molar-refractivity contribution < 1.29 is 23.5 Å². The number of alkyl halides is 1. The van der Waals surface area contributed by atoms with E-state index in [1.54, 1.807) is 27.7 Å². The van der Waals surface area contributed by atoms with Gasteiger partial charge in [-0.2, -0.15) is 0 Å². The monoisotopic (exact) mass is 289 g/mol. The van der Waals surface area contributed by atoms with Crippen molar-refractivity contribution in [3.8, 4) is 0 Å². The normalized spacial score (nSPS) is 23.4. The second kappa shape index (κ2) is 6.90. The van der Waals surface area contributed by atoms with Gasteiger partial charge in [-0.15, -0.1) is 0 Å². The van der Waals surface area contributed by atoms with Gasteiger partial charge in [0.25, 0.3) is 0 Å². The lowest BCUT2D eigenvalue weighted by molar-refractivity contribution is -0.145. The number of ether oxygens (including phenoxy) is 2. The van der Waals surface area contributed by atoms with E-state index in [1.165, 1.54) is 4.90 Å². The molecular formula is C14H24FNO4. The first-order valence-corrected chi connectivity index (χ1v) is 7.00. The summed E-state index contributed by atoms with van der Waals surface area (Å²) < 4.78 is 24.1. The average Bonchev–Trinajstić information content (AvgIpc) is 2.29. The molecule has 0 aromatic rings. The van der Waals surface area contributed by atoms with Crippen LogP contribution in [0.15, 0.2) is 0 Å². The third-order valence-corrected chi connectivity index (χ3v) is 3.06. The molecular weight excluding hydrogens is 265 g/mol. The minimum absolute atomic E-state index is 0.0288. The molecule has 0 aromatic carbocycles. The predicted molar refractivity (Wildman–Crippen MR) is 72.1 cm³/mol. The number of halogens is 1. The molecule has 1 saturated heterocycles. The number of nitrogens with zero attached hydrogens (tertiary/aromatic N) is 1. The second-order valence-electron chi connectivity index (χ2n) is 6.00. The number of amides is 1. The van der Waals surface area contributed by atoms with Crippen LogP contribution in [-0.2, 0) is 14.3 Å². The second-order valence-corrected chi connectivity index (χ2v) is 6.00. The van der Waals surface area contributed by atoms with Crippen molar-refractivity contribution in [3.05, 3.63) is 0 Å². The van der Waals surface area contributed by atoms with E-state index in [1.807, 2.05) is 0 Å². The van der Waals surface area contributed by atoms with Gasteiger partial charge in [0.2, 0.25) is 0 Å². The Labute approximate surface area is 119 Å². The van der Waals surface area contributed by atoms with Gasteiger partial charge in [-0.3, -0.25) is 4.79 Å². The molecule has 6 heteroatoms. The lowest BCUT2D eigenvalue weighted by Crippen LogP contribution is -2.47. The van der Waals surface area contributed by atoms with Gasteiger partial charge in [0, 0.05) is 12.5 Å². The predicted octanol–water partition coefficient (Wildman–Crippen LogP) is 2.53. The van der Waals surface area contributed by atoms with Crippen molar-refractivity contribution in [2.75, 3.05) is 19.7 Å². The van der Waals surface area contributed by atoms with Crippen molar-refractivity contribution in [2.45, 2.75) is 52.3 Å². The van der Waals surface area contributed by atoms with E-state index >= 15 is 0 Å². The highest BCUT2D eigenvalue weighted by atomic mass is 19.1. The molecule has 5 nitrogen and oxygen atoms in total. The Morgan fingerprint density at radius 2 is 2.00 bits per heavy atom. The first kappa shape index (κ1) is 16.7. The van der Waals surface area contributed by atoms with Crippen LogP contribution in [0.1, 0.15) is 40.5 Å². The Morgan fingerprint density at radius 1 is 1.35 bits per heavy atom. The van der Waals surface area contributed by atoms with Crippen molar-refractivity contribution in [1.29, 1.82) is 0 Å². The third-order valence-electron chi connectivity index (χ3n) is 3.06. The van der Waals surface area contributed by atoms with Crippen LogP contribution in [0.3, 0.4) is 0 Å². The standard InChI is InChI=1S/C14H24FNO4/c1-5-19-12(17)8-10-6-7-16(9-11(10)15)13(18)20-14(2,3)4/h10-11H,5-9H2,1-4H3/t10-,11+/m0/s1. The molecule has 0 N–H and O–H groups in total. The molecule has 2 atom stereocenters. The van der Waals surface area contributed by atoms with Crippen LogP contribution in [0.4, 0.5) is 9.18 Å². The Hall–Kier alpha value is -1.33. The summed E-state index contributed by atoms with van der Waals surface area (Å²) >= 11 is 0. The van der Waals surface area contributed by atoms with Crippen molar-refractivity contribution >= 4 is 12.1 Å². The van der Waals surface area contributed by atoms with E-state index < -0.39 is 17.9 Å². The third kappa shape index (κ3) is 5.35. The smallest absolute Gasteiger partial charge is 0.410 e. The van der Waals surface area contributed by atoms with Crippen LogP contribution in [-0.4, -0.2) is 48.4 Å². The van der Waals surface area contributed by atoms with Crippen LogP contribution in [0, 0.1) is 5.92 Å². The highest BCUT2D eigenvalue weighted by molar-refractivity contribution is 5.70. The Morgan fingerprint density at radius 3 is 2.50 bits per heavy atom. The first-order chi connectivity index (χ1) is 9.23. The number of piperidine rings is 1. The van der Waals surface area contributed by atoms with Crippen LogP contribution >= 0.6 is 0 Å². The molecule has 0 aromatic heterocycles. The van der Waals surface area contributed by atoms with E-state index in [2.05, 4.69) is 0 Å². The topological polar surface area (TPSA) is 55.8 Å². The number of carbonyl (C=O) groups is 2. The molecule has 0 bridgehead atoms. The summed E-state index contributed by atoms with van der Waals surface area (Å²) in [7, 11) is 0. The molecule has 1 aliphatic rings. The van der Waals surface area contributed by atoms with E-state index in [0.717, 1.165) is 0 Å². The molecule has 1 aliphatic heterocycles. The maximum Gasteiger partial charge on any atom is 0.410 e. The van der Waals surface area contributed by atoms with E-state index in [0.29, 0.717) is 19.6 Å². The zero-order chi connectivity index (χ0) is 15.3. The quantitative estimate of drug-likeness (QED) is 0.749. The molecule has 1 rings (SSSR count). The summed E-state index contributed by atoms with van der Waals surface area (Å²) in [5.41, 5.74) is -0.593. The van der Waals surface area contributed by atoms with Gasteiger partial charge < -0.3 is 14.4 Å². The van der Waals surface area contributed by atoms with Crippen LogP contribution in [0.25, 0.3) is 0 Å². The number of hydrogen-bond acceptors (Lipinski definition) is 4. The summed E-state index contributed by atoms with van der Waals surface area (Å²) in [5, 5.41) is 0. The number of likely N-dealkylation sites (tertiary alicyclic amines) is 1. The molecule has 1 amide bonds. The minimum atomic E-state index is -1.22.